The molecule has 0 spiro atoms. The quantitative estimate of drug-likeness (QED) is 0.831. The van der Waals surface area contributed by atoms with Gasteiger partial charge in [0, 0.05) is 31.7 Å². The average Bonchev–Trinajstić information content (AvgIpc) is 2.39. The third kappa shape index (κ3) is 2.58. The molecule has 0 saturated carbocycles. The van der Waals surface area contributed by atoms with Gasteiger partial charge in [0.25, 0.3) is 5.91 Å². The number of hydrogen-bond donors (Lipinski definition) is 1. The molecule has 1 saturated heterocycles. The van der Waals surface area contributed by atoms with Crippen LogP contribution in [-0.4, -0.2) is 44.1 Å². The lowest BCUT2D eigenvalue weighted by Gasteiger charge is -2.28. The fourth-order valence-corrected chi connectivity index (χ4v) is 2.04. The zero-order chi connectivity index (χ0) is 12.3. The molecule has 1 amide bonds. The number of nitrogens with zero attached hydrogens (tertiary/aromatic N) is 1. The van der Waals surface area contributed by atoms with Crippen LogP contribution in [0.4, 0.5) is 0 Å². The molecule has 1 N–H and O–H groups in total. The van der Waals surface area contributed by atoms with Crippen molar-refractivity contribution >= 4 is 5.91 Å². The number of methoxy groups -OCH3 is 1. The van der Waals surface area contributed by atoms with Crippen LogP contribution in [0.2, 0.25) is 0 Å². The first-order valence-corrected chi connectivity index (χ1v) is 5.87. The lowest BCUT2D eigenvalue weighted by atomic mass is 10.1. The molecule has 1 aromatic rings. The van der Waals surface area contributed by atoms with Gasteiger partial charge in [0.2, 0.25) is 0 Å². The van der Waals surface area contributed by atoms with E-state index in [1.54, 1.807) is 7.11 Å². The molecule has 0 aliphatic carbocycles. The largest absolute Gasteiger partial charge is 0.497 e. The van der Waals surface area contributed by atoms with E-state index in [1.165, 1.54) is 0 Å². The number of hydrogen-bond acceptors (Lipinski definition) is 3. The first-order valence-electron chi connectivity index (χ1n) is 5.87. The Morgan fingerprint density at radius 2 is 2.06 bits per heavy atom. The van der Waals surface area contributed by atoms with Crippen LogP contribution in [0.25, 0.3) is 0 Å². The highest BCUT2D eigenvalue weighted by Gasteiger charge is 2.19. The smallest absolute Gasteiger partial charge is 0.254 e. The maximum absolute atomic E-state index is 12.3. The summed E-state index contributed by atoms with van der Waals surface area (Å²) in [5.74, 6) is 0.908. The Bertz CT molecular complexity index is 412. The fraction of sp³-hybridized carbons (Fsp3) is 0.462. The van der Waals surface area contributed by atoms with Crippen molar-refractivity contribution in [1.29, 1.82) is 0 Å². The summed E-state index contributed by atoms with van der Waals surface area (Å²) < 4.78 is 5.14. The van der Waals surface area contributed by atoms with E-state index in [2.05, 4.69) is 5.32 Å². The van der Waals surface area contributed by atoms with Crippen molar-refractivity contribution in [3.63, 3.8) is 0 Å². The van der Waals surface area contributed by atoms with Crippen LogP contribution in [0.15, 0.2) is 18.2 Å². The second kappa shape index (κ2) is 5.19. The van der Waals surface area contributed by atoms with E-state index in [0.29, 0.717) is 0 Å². The van der Waals surface area contributed by atoms with E-state index >= 15 is 0 Å². The summed E-state index contributed by atoms with van der Waals surface area (Å²) in [5.41, 5.74) is 1.74. The van der Waals surface area contributed by atoms with Crippen LogP contribution in [0.5, 0.6) is 5.75 Å². The molecule has 0 aromatic heterocycles. The molecule has 2 rings (SSSR count). The van der Waals surface area contributed by atoms with Gasteiger partial charge in [0.1, 0.15) is 5.75 Å². The van der Waals surface area contributed by atoms with Crippen LogP contribution in [0.3, 0.4) is 0 Å². The van der Waals surface area contributed by atoms with Gasteiger partial charge in [0.05, 0.1) is 7.11 Å². The molecule has 0 radical (unpaired) electrons. The lowest BCUT2D eigenvalue weighted by molar-refractivity contribution is 0.0735. The number of carbonyl (C=O) groups excluding carboxylic acids is 1. The van der Waals surface area contributed by atoms with Crippen molar-refractivity contribution in [2.45, 2.75) is 6.92 Å². The molecular weight excluding hydrogens is 216 g/mol. The predicted octanol–water partition coefficient (Wildman–Crippen LogP) is 1.05. The highest BCUT2D eigenvalue weighted by atomic mass is 16.5. The number of benzene rings is 1. The van der Waals surface area contributed by atoms with E-state index in [9.17, 15) is 4.79 Å². The molecular formula is C13H18N2O2. The van der Waals surface area contributed by atoms with Crippen LogP contribution >= 0.6 is 0 Å². The number of amides is 1. The molecule has 0 atom stereocenters. The van der Waals surface area contributed by atoms with Crippen molar-refractivity contribution in [1.82, 2.24) is 10.2 Å². The van der Waals surface area contributed by atoms with Gasteiger partial charge in [-0.3, -0.25) is 4.79 Å². The van der Waals surface area contributed by atoms with Gasteiger partial charge in [-0.2, -0.15) is 0 Å². The molecule has 0 unspecified atom stereocenters. The Morgan fingerprint density at radius 1 is 1.35 bits per heavy atom. The second-order valence-electron chi connectivity index (χ2n) is 4.22. The number of piperazine rings is 1. The highest BCUT2D eigenvalue weighted by Crippen LogP contribution is 2.18. The summed E-state index contributed by atoms with van der Waals surface area (Å²) in [6.45, 7) is 5.26. The predicted molar refractivity (Wildman–Crippen MR) is 66.5 cm³/mol. The third-order valence-corrected chi connectivity index (χ3v) is 3.07. The monoisotopic (exact) mass is 234 g/mol. The van der Waals surface area contributed by atoms with Crippen LogP contribution in [0.1, 0.15) is 15.9 Å². The maximum Gasteiger partial charge on any atom is 0.254 e. The average molecular weight is 234 g/mol. The Labute approximate surface area is 102 Å². The number of carbonyl (C=O) groups is 1. The molecule has 1 aliphatic heterocycles. The SMILES string of the molecule is COc1ccc(C(=O)N2CCNCC2)c(C)c1. The summed E-state index contributed by atoms with van der Waals surface area (Å²) in [7, 11) is 1.63. The zero-order valence-corrected chi connectivity index (χ0v) is 10.3. The molecule has 4 nitrogen and oxygen atoms in total. The van der Waals surface area contributed by atoms with Gasteiger partial charge in [0.15, 0.2) is 0 Å². The fourth-order valence-electron chi connectivity index (χ4n) is 2.04. The number of aryl methyl sites for hydroxylation is 1. The van der Waals surface area contributed by atoms with Gasteiger partial charge < -0.3 is 15.0 Å². The molecule has 92 valence electrons. The Morgan fingerprint density at radius 3 is 2.65 bits per heavy atom. The van der Waals surface area contributed by atoms with E-state index in [4.69, 9.17) is 4.74 Å². The summed E-state index contributed by atoms with van der Waals surface area (Å²) in [6, 6.07) is 5.58. The summed E-state index contributed by atoms with van der Waals surface area (Å²) in [6.07, 6.45) is 0. The van der Waals surface area contributed by atoms with Crippen molar-refractivity contribution in [3.05, 3.63) is 29.3 Å². The summed E-state index contributed by atoms with van der Waals surface area (Å²) >= 11 is 0. The molecule has 1 aromatic carbocycles. The van der Waals surface area contributed by atoms with Crippen molar-refractivity contribution in [2.24, 2.45) is 0 Å². The first kappa shape index (κ1) is 11.9. The molecule has 1 aliphatic rings. The number of nitrogens with one attached hydrogen (secondary N) is 1. The van der Waals surface area contributed by atoms with Gasteiger partial charge in [-0.1, -0.05) is 0 Å². The minimum atomic E-state index is 0.117. The zero-order valence-electron chi connectivity index (χ0n) is 10.3. The molecule has 1 fully saturated rings. The molecule has 4 heteroatoms. The standard InChI is InChI=1S/C13H18N2O2/c1-10-9-11(17-2)3-4-12(10)13(16)15-7-5-14-6-8-15/h3-4,9,14H,5-8H2,1-2H3. The minimum absolute atomic E-state index is 0.117. The Kier molecular flexibility index (Phi) is 3.64. The number of rotatable bonds is 2. The van der Waals surface area contributed by atoms with Crippen LogP contribution in [-0.2, 0) is 0 Å². The normalized spacial score (nSPS) is 15.8. The molecule has 0 bridgehead atoms. The van der Waals surface area contributed by atoms with Gasteiger partial charge in [-0.05, 0) is 30.7 Å². The van der Waals surface area contributed by atoms with E-state index in [0.717, 1.165) is 43.1 Å². The van der Waals surface area contributed by atoms with Gasteiger partial charge >= 0.3 is 0 Å². The van der Waals surface area contributed by atoms with Gasteiger partial charge in [-0.25, -0.2) is 0 Å². The van der Waals surface area contributed by atoms with Crippen LogP contribution in [0, 0.1) is 6.92 Å². The molecule has 17 heavy (non-hydrogen) atoms. The van der Waals surface area contributed by atoms with Gasteiger partial charge in [-0.15, -0.1) is 0 Å². The number of ether oxygens (including phenoxy) is 1. The lowest BCUT2D eigenvalue weighted by Crippen LogP contribution is -2.46. The maximum atomic E-state index is 12.3. The van der Waals surface area contributed by atoms with Crippen molar-refractivity contribution in [2.75, 3.05) is 33.3 Å². The summed E-state index contributed by atoms with van der Waals surface area (Å²) in [4.78, 5) is 14.2. The second-order valence-corrected chi connectivity index (χ2v) is 4.22. The third-order valence-electron chi connectivity index (χ3n) is 3.07. The molecule has 1 heterocycles. The van der Waals surface area contributed by atoms with Crippen molar-refractivity contribution < 1.29 is 9.53 Å². The summed E-state index contributed by atoms with van der Waals surface area (Å²) in [5, 5.41) is 3.24. The van der Waals surface area contributed by atoms with Crippen molar-refractivity contribution in [3.8, 4) is 5.75 Å². The topological polar surface area (TPSA) is 41.6 Å². The van der Waals surface area contributed by atoms with Crippen LogP contribution < -0.4 is 10.1 Å². The van der Waals surface area contributed by atoms with E-state index in [-0.39, 0.29) is 5.91 Å². The minimum Gasteiger partial charge on any atom is -0.497 e. The van der Waals surface area contributed by atoms with E-state index < -0.39 is 0 Å². The highest BCUT2D eigenvalue weighted by molar-refractivity contribution is 5.95. The van der Waals surface area contributed by atoms with E-state index in [1.807, 2.05) is 30.0 Å². The Balaban J connectivity index is 2.18. The Hall–Kier alpha value is -1.55. The first-order chi connectivity index (χ1) is 8.22.